The minimum Gasteiger partial charge on any atom is -0.489 e. The van der Waals surface area contributed by atoms with Crippen molar-refractivity contribution >= 4 is 0 Å². The molecule has 20 heavy (non-hydrogen) atoms. The van der Waals surface area contributed by atoms with Gasteiger partial charge in [0.25, 0.3) is 0 Å². The summed E-state index contributed by atoms with van der Waals surface area (Å²) in [5, 5.41) is 11.9. The van der Waals surface area contributed by atoms with Gasteiger partial charge in [0.1, 0.15) is 12.4 Å². The molecular weight excluding hydrogens is 248 g/mol. The van der Waals surface area contributed by atoms with Gasteiger partial charge >= 0.3 is 0 Å². The van der Waals surface area contributed by atoms with Gasteiger partial charge in [-0.3, -0.25) is 0 Å². The second kappa shape index (κ2) is 6.74. The van der Waals surface area contributed by atoms with Crippen LogP contribution in [0.2, 0.25) is 0 Å². The second-order valence-corrected chi connectivity index (χ2v) is 4.74. The highest BCUT2D eigenvalue weighted by Gasteiger charge is 2.04. The van der Waals surface area contributed by atoms with E-state index in [1.165, 1.54) is 5.56 Å². The largest absolute Gasteiger partial charge is 0.489 e. The van der Waals surface area contributed by atoms with Gasteiger partial charge in [-0.25, -0.2) is 0 Å². The number of rotatable bonds is 5. The van der Waals surface area contributed by atoms with E-state index in [4.69, 9.17) is 10.00 Å². The minimum atomic E-state index is 0.505. The lowest BCUT2D eigenvalue weighted by Crippen LogP contribution is -2.08. The van der Waals surface area contributed by atoms with Crippen LogP contribution in [0.4, 0.5) is 0 Å². The molecule has 3 nitrogen and oxygen atoms in total. The predicted molar refractivity (Wildman–Crippen MR) is 79.4 cm³/mol. The molecule has 0 aliphatic carbocycles. The molecule has 2 aromatic rings. The standard InChI is InChI=1S/C17H18N2O/c1-13-3-8-17(16(9-13)11-19-2)20-12-15-6-4-14(10-18)5-7-15/h3-9,19H,11-12H2,1-2H3. The Labute approximate surface area is 119 Å². The van der Waals surface area contributed by atoms with Crippen LogP contribution in [0.3, 0.4) is 0 Å². The van der Waals surface area contributed by atoms with E-state index in [0.29, 0.717) is 12.2 Å². The van der Waals surface area contributed by atoms with Crippen LogP contribution >= 0.6 is 0 Å². The lowest BCUT2D eigenvalue weighted by Gasteiger charge is -2.12. The van der Waals surface area contributed by atoms with Gasteiger partial charge in [-0.15, -0.1) is 0 Å². The average Bonchev–Trinajstić information content (AvgIpc) is 2.47. The molecule has 0 bridgehead atoms. The maximum absolute atomic E-state index is 8.77. The van der Waals surface area contributed by atoms with Crippen LogP contribution in [0, 0.1) is 18.3 Å². The van der Waals surface area contributed by atoms with Crippen LogP contribution in [0.15, 0.2) is 42.5 Å². The topological polar surface area (TPSA) is 45.0 Å². The smallest absolute Gasteiger partial charge is 0.124 e. The van der Waals surface area contributed by atoms with Crippen molar-refractivity contribution in [1.82, 2.24) is 5.32 Å². The molecule has 0 saturated carbocycles. The first-order valence-electron chi connectivity index (χ1n) is 6.59. The van der Waals surface area contributed by atoms with Gasteiger partial charge < -0.3 is 10.1 Å². The van der Waals surface area contributed by atoms with E-state index in [1.807, 2.05) is 43.4 Å². The first-order valence-corrected chi connectivity index (χ1v) is 6.59. The molecule has 0 fully saturated rings. The summed E-state index contributed by atoms with van der Waals surface area (Å²) in [7, 11) is 1.92. The van der Waals surface area contributed by atoms with Crippen LogP contribution in [0.5, 0.6) is 5.75 Å². The van der Waals surface area contributed by atoms with Gasteiger partial charge in [-0.05, 0) is 37.7 Å². The zero-order valence-corrected chi connectivity index (χ0v) is 11.8. The molecule has 102 valence electrons. The van der Waals surface area contributed by atoms with Gasteiger partial charge in [0.05, 0.1) is 11.6 Å². The second-order valence-electron chi connectivity index (χ2n) is 4.74. The molecule has 0 aromatic heterocycles. The van der Waals surface area contributed by atoms with E-state index in [-0.39, 0.29) is 0 Å². The molecule has 0 saturated heterocycles. The fourth-order valence-electron chi connectivity index (χ4n) is 2.01. The van der Waals surface area contributed by atoms with E-state index in [9.17, 15) is 0 Å². The number of nitriles is 1. The summed E-state index contributed by atoms with van der Waals surface area (Å²) in [6.07, 6.45) is 0. The maximum Gasteiger partial charge on any atom is 0.124 e. The first kappa shape index (κ1) is 14.1. The Morgan fingerprint density at radius 1 is 1.15 bits per heavy atom. The molecule has 0 amide bonds. The predicted octanol–water partition coefficient (Wildman–Crippen LogP) is 3.17. The highest BCUT2D eigenvalue weighted by molar-refractivity contribution is 5.37. The molecule has 2 aromatic carbocycles. The Morgan fingerprint density at radius 3 is 2.55 bits per heavy atom. The van der Waals surface area contributed by atoms with Crippen molar-refractivity contribution in [3.8, 4) is 11.8 Å². The highest BCUT2D eigenvalue weighted by atomic mass is 16.5. The normalized spacial score (nSPS) is 10.1. The van der Waals surface area contributed by atoms with Gasteiger partial charge in [-0.1, -0.05) is 29.8 Å². The number of nitrogens with one attached hydrogen (secondary N) is 1. The fourth-order valence-corrected chi connectivity index (χ4v) is 2.01. The quantitative estimate of drug-likeness (QED) is 0.904. The molecule has 0 spiro atoms. The molecule has 2 rings (SSSR count). The summed E-state index contributed by atoms with van der Waals surface area (Å²) >= 11 is 0. The van der Waals surface area contributed by atoms with Crippen molar-refractivity contribution in [2.45, 2.75) is 20.1 Å². The Morgan fingerprint density at radius 2 is 1.90 bits per heavy atom. The third-order valence-corrected chi connectivity index (χ3v) is 3.06. The molecule has 0 unspecified atom stereocenters. The summed E-state index contributed by atoms with van der Waals surface area (Å²) in [5.74, 6) is 0.898. The minimum absolute atomic E-state index is 0.505. The Balaban J connectivity index is 2.08. The number of benzene rings is 2. The third kappa shape index (κ3) is 3.59. The van der Waals surface area contributed by atoms with Gasteiger partial charge in [-0.2, -0.15) is 5.26 Å². The average molecular weight is 266 g/mol. The van der Waals surface area contributed by atoms with Crippen molar-refractivity contribution in [2.24, 2.45) is 0 Å². The van der Waals surface area contributed by atoms with Crippen molar-refractivity contribution < 1.29 is 4.74 Å². The SMILES string of the molecule is CNCc1cc(C)ccc1OCc1ccc(C#N)cc1. The van der Waals surface area contributed by atoms with Crippen LogP contribution in [-0.2, 0) is 13.2 Å². The lowest BCUT2D eigenvalue weighted by atomic mass is 10.1. The molecule has 0 aliphatic heterocycles. The van der Waals surface area contributed by atoms with E-state index in [0.717, 1.165) is 23.4 Å². The highest BCUT2D eigenvalue weighted by Crippen LogP contribution is 2.21. The van der Waals surface area contributed by atoms with Crippen molar-refractivity contribution in [2.75, 3.05) is 7.05 Å². The Kier molecular flexibility index (Phi) is 4.75. The summed E-state index contributed by atoms with van der Waals surface area (Å²) in [5.41, 5.74) is 4.10. The van der Waals surface area contributed by atoms with Gasteiger partial charge in [0.15, 0.2) is 0 Å². The van der Waals surface area contributed by atoms with Gasteiger partial charge in [0, 0.05) is 12.1 Å². The van der Waals surface area contributed by atoms with E-state index >= 15 is 0 Å². The molecular formula is C17H18N2O. The van der Waals surface area contributed by atoms with Crippen molar-refractivity contribution in [3.63, 3.8) is 0 Å². The summed E-state index contributed by atoms with van der Waals surface area (Å²) in [4.78, 5) is 0. The van der Waals surface area contributed by atoms with E-state index < -0.39 is 0 Å². The third-order valence-electron chi connectivity index (χ3n) is 3.06. The van der Waals surface area contributed by atoms with Crippen LogP contribution in [0.25, 0.3) is 0 Å². The lowest BCUT2D eigenvalue weighted by molar-refractivity contribution is 0.302. The molecule has 0 aliphatic rings. The maximum atomic E-state index is 8.77. The summed E-state index contributed by atoms with van der Waals surface area (Å²) in [6, 6.07) is 15.8. The van der Waals surface area contributed by atoms with E-state index in [2.05, 4.69) is 24.4 Å². The molecule has 3 heteroatoms. The van der Waals surface area contributed by atoms with Crippen molar-refractivity contribution in [1.29, 1.82) is 5.26 Å². The van der Waals surface area contributed by atoms with Crippen molar-refractivity contribution in [3.05, 3.63) is 64.7 Å². The van der Waals surface area contributed by atoms with Gasteiger partial charge in [0.2, 0.25) is 0 Å². The summed E-state index contributed by atoms with van der Waals surface area (Å²) in [6.45, 7) is 3.36. The van der Waals surface area contributed by atoms with Crippen LogP contribution in [0.1, 0.15) is 22.3 Å². The number of hydrogen-bond acceptors (Lipinski definition) is 3. The molecule has 0 atom stereocenters. The molecule has 0 heterocycles. The summed E-state index contributed by atoms with van der Waals surface area (Å²) < 4.78 is 5.88. The number of aryl methyl sites for hydroxylation is 1. The van der Waals surface area contributed by atoms with E-state index in [1.54, 1.807) is 0 Å². The number of ether oxygens (including phenoxy) is 1. The Bertz CT molecular complexity index is 612. The first-order chi connectivity index (χ1) is 9.72. The molecule has 0 radical (unpaired) electrons. The Hall–Kier alpha value is -2.31. The fraction of sp³-hybridized carbons (Fsp3) is 0.235. The zero-order valence-electron chi connectivity index (χ0n) is 11.8. The molecule has 1 N–H and O–H groups in total. The van der Waals surface area contributed by atoms with Crippen LogP contribution < -0.4 is 10.1 Å². The van der Waals surface area contributed by atoms with Crippen LogP contribution in [-0.4, -0.2) is 7.05 Å². The zero-order chi connectivity index (χ0) is 14.4. The monoisotopic (exact) mass is 266 g/mol. The number of hydrogen-bond donors (Lipinski definition) is 1. The number of nitrogens with zero attached hydrogens (tertiary/aromatic N) is 1.